The predicted molar refractivity (Wildman–Crippen MR) is 120 cm³/mol. The number of pyridine rings is 1. The summed E-state index contributed by atoms with van der Waals surface area (Å²) in [6.45, 7) is 2.67. The summed E-state index contributed by atoms with van der Waals surface area (Å²) in [5, 5.41) is 1.52. The predicted octanol–water partition coefficient (Wildman–Crippen LogP) is 6.90. The van der Waals surface area contributed by atoms with Crippen molar-refractivity contribution in [3.05, 3.63) is 95.4 Å². The van der Waals surface area contributed by atoms with Crippen molar-refractivity contribution in [2.75, 3.05) is 6.61 Å². The third-order valence-corrected chi connectivity index (χ3v) is 4.97. The number of aromatic nitrogens is 1. The Morgan fingerprint density at radius 3 is 2.31 bits per heavy atom. The summed E-state index contributed by atoms with van der Waals surface area (Å²) < 4.78 is 48.2. The Hall–Kier alpha value is -3.78. The Kier molecular flexibility index (Phi) is 6.42. The Morgan fingerprint density at radius 2 is 1.59 bits per heavy atom. The molecule has 1 aromatic heterocycles. The summed E-state index contributed by atoms with van der Waals surface area (Å²) in [5.74, 6) is 4.12. The van der Waals surface area contributed by atoms with Crippen LogP contribution in [0.5, 0.6) is 5.75 Å². The molecule has 0 saturated carbocycles. The van der Waals surface area contributed by atoms with Crippen molar-refractivity contribution in [3.8, 4) is 28.8 Å². The van der Waals surface area contributed by atoms with Gasteiger partial charge in [-0.15, -0.1) is 0 Å². The van der Waals surface area contributed by atoms with Crippen LogP contribution >= 0.6 is 0 Å². The molecule has 0 spiro atoms. The molecule has 0 radical (unpaired) electrons. The zero-order valence-corrected chi connectivity index (χ0v) is 17.5. The summed E-state index contributed by atoms with van der Waals surface area (Å²) in [7, 11) is 0. The lowest BCUT2D eigenvalue weighted by Gasteiger charge is -2.07. The first-order valence-electron chi connectivity index (χ1n) is 10.3. The fourth-order valence-electron chi connectivity index (χ4n) is 3.24. The Morgan fingerprint density at radius 1 is 0.844 bits per heavy atom. The molecule has 0 bridgehead atoms. The molecule has 32 heavy (non-hydrogen) atoms. The Bertz CT molecular complexity index is 1300. The van der Waals surface area contributed by atoms with Crippen LogP contribution in [0.2, 0.25) is 0 Å². The molecule has 2 nitrogen and oxygen atoms in total. The first-order valence-corrected chi connectivity index (χ1v) is 10.3. The molecule has 0 fully saturated rings. The van der Waals surface area contributed by atoms with E-state index in [-0.39, 0.29) is 11.4 Å². The van der Waals surface area contributed by atoms with Gasteiger partial charge in [0.1, 0.15) is 23.2 Å². The Balaban J connectivity index is 1.57. The largest absolute Gasteiger partial charge is 0.492 e. The number of benzene rings is 3. The van der Waals surface area contributed by atoms with E-state index in [0.717, 1.165) is 23.6 Å². The molecule has 1 heterocycles. The monoisotopic (exact) mass is 431 g/mol. The molecular weight excluding hydrogens is 411 g/mol. The van der Waals surface area contributed by atoms with Crippen molar-refractivity contribution >= 4 is 10.8 Å². The molecular formula is C27H20F3NO. The van der Waals surface area contributed by atoms with E-state index in [9.17, 15) is 13.2 Å². The van der Waals surface area contributed by atoms with Crippen molar-refractivity contribution in [2.45, 2.75) is 19.8 Å². The second-order valence-corrected chi connectivity index (χ2v) is 7.35. The molecule has 3 aromatic carbocycles. The van der Waals surface area contributed by atoms with E-state index in [1.165, 1.54) is 24.3 Å². The van der Waals surface area contributed by atoms with Gasteiger partial charge in [-0.05, 0) is 65.7 Å². The molecule has 0 unspecified atom stereocenters. The number of ether oxygens (including phenoxy) is 1. The molecule has 0 aliphatic heterocycles. The van der Waals surface area contributed by atoms with Crippen molar-refractivity contribution in [2.24, 2.45) is 0 Å². The number of halogens is 3. The highest BCUT2D eigenvalue weighted by molar-refractivity contribution is 5.84. The van der Waals surface area contributed by atoms with Gasteiger partial charge in [-0.3, -0.25) is 4.98 Å². The number of rotatable bonds is 5. The third-order valence-electron chi connectivity index (χ3n) is 4.97. The van der Waals surface area contributed by atoms with Gasteiger partial charge in [0.25, 0.3) is 0 Å². The minimum absolute atomic E-state index is 0.313. The summed E-state index contributed by atoms with van der Waals surface area (Å²) >= 11 is 0. The number of unbranched alkanes of at least 4 members (excludes halogenated alkanes) is 1. The number of hydrogen-bond acceptors (Lipinski definition) is 2. The Labute approximate surface area is 184 Å². The zero-order chi connectivity index (χ0) is 22.5. The smallest absolute Gasteiger partial charge is 0.142 e. The van der Waals surface area contributed by atoms with E-state index in [0.29, 0.717) is 29.2 Å². The van der Waals surface area contributed by atoms with Crippen LogP contribution in [0.1, 0.15) is 30.9 Å². The van der Waals surface area contributed by atoms with Crippen LogP contribution in [0.3, 0.4) is 0 Å². The average molecular weight is 431 g/mol. The van der Waals surface area contributed by atoms with Crippen LogP contribution < -0.4 is 4.74 Å². The molecule has 0 aliphatic carbocycles. The van der Waals surface area contributed by atoms with Crippen LogP contribution in [0.15, 0.2) is 66.9 Å². The average Bonchev–Trinajstić information content (AvgIpc) is 2.79. The van der Waals surface area contributed by atoms with Crippen molar-refractivity contribution in [3.63, 3.8) is 0 Å². The first kappa shape index (κ1) is 21.5. The maximum Gasteiger partial charge on any atom is 0.142 e. The SMILES string of the molecule is CCCCOc1ccc(-c2cc(F)c(C#Cc3ccc4cc(F)ccc4c3)c(F)c2)nc1. The van der Waals surface area contributed by atoms with Gasteiger partial charge < -0.3 is 4.74 Å². The first-order chi connectivity index (χ1) is 15.5. The van der Waals surface area contributed by atoms with E-state index in [1.54, 1.807) is 42.6 Å². The van der Waals surface area contributed by atoms with E-state index < -0.39 is 11.6 Å². The van der Waals surface area contributed by atoms with Gasteiger partial charge in [-0.25, -0.2) is 13.2 Å². The molecule has 0 amide bonds. The van der Waals surface area contributed by atoms with E-state index in [2.05, 4.69) is 23.7 Å². The quantitative estimate of drug-likeness (QED) is 0.253. The summed E-state index contributed by atoms with van der Waals surface area (Å²) in [6, 6.07) is 15.4. The molecule has 5 heteroatoms. The lowest BCUT2D eigenvalue weighted by molar-refractivity contribution is 0.308. The second kappa shape index (κ2) is 9.57. The summed E-state index contributed by atoms with van der Waals surface area (Å²) in [6.07, 6.45) is 3.51. The molecule has 160 valence electrons. The van der Waals surface area contributed by atoms with Crippen molar-refractivity contribution < 1.29 is 17.9 Å². The molecule has 0 aliphatic rings. The van der Waals surface area contributed by atoms with Crippen LogP contribution in [-0.2, 0) is 0 Å². The van der Waals surface area contributed by atoms with Crippen molar-refractivity contribution in [1.29, 1.82) is 0 Å². The van der Waals surface area contributed by atoms with Gasteiger partial charge >= 0.3 is 0 Å². The minimum atomic E-state index is -0.763. The molecule has 4 rings (SSSR count). The number of fused-ring (bicyclic) bond motifs is 1. The number of hydrogen-bond donors (Lipinski definition) is 0. The maximum absolute atomic E-state index is 14.6. The van der Waals surface area contributed by atoms with Gasteiger partial charge in [0.2, 0.25) is 0 Å². The van der Waals surface area contributed by atoms with Crippen LogP contribution in [0, 0.1) is 29.3 Å². The standard InChI is InChI=1S/C27H20F3NO/c1-2-3-12-32-23-9-11-27(31-17-23)21-15-25(29)24(26(30)16-21)10-5-18-4-6-20-14-22(28)8-7-19(20)13-18/h4,6-9,11,13-17H,2-3,12H2,1H3. The normalized spacial score (nSPS) is 10.6. The molecule has 0 N–H and O–H groups in total. The molecule has 4 aromatic rings. The van der Waals surface area contributed by atoms with E-state index >= 15 is 0 Å². The lowest BCUT2D eigenvalue weighted by atomic mass is 10.1. The van der Waals surface area contributed by atoms with Gasteiger partial charge in [-0.1, -0.05) is 37.3 Å². The number of nitrogens with zero attached hydrogens (tertiary/aromatic N) is 1. The highest BCUT2D eigenvalue weighted by Gasteiger charge is 2.11. The minimum Gasteiger partial charge on any atom is -0.492 e. The van der Waals surface area contributed by atoms with Crippen LogP contribution in [0.4, 0.5) is 13.2 Å². The van der Waals surface area contributed by atoms with Gasteiger partial charge in [0.15, 0.2) is 0 Å². The molecule has 0 atom stereocenters. The fourth-order valence-corrected chi connectivity index (χ4v) is 3.24. The zero-order valence-electron chi connectivity index (χ0n) is 17.5. The van der Waals surface area contributed by atoms with Gasteiger partial charge in [0, 0.05) is 11.1 Å². The lowest BCUT2D eigenvalue weighted by Crippen LogP contribution is -1.97. The van der Waals surface area contributed by atoms with Gasteiger partial charge in [0.05, 0.1) is 24.1 Å². The highest BCUT2D eigenvalue weighted by Crippen LogP contribution is 2.24. The maximum atomic E-state index is 14.6. The topological polar surface area (TPSA) is 22.1 Å². The third kappa shape index (κ3) is 4.92. The van der Waals surface area contributed by atoms with Gasteiger partial charge in [-0.2, -0.15) is 0 Å². The van der Waals surface area contributed by atoms with Crippen LogP contribution in [0.25, 0.3) is 22.0 Å². The van der Waals surface area contributed by atoms with Crippen molar-refractivity contribution in [1.82, 2.24) is 4.98 Å². The van der Waals surface area contributed by atoms with E-state index in [1.807, 2.05) is 0 Å². The summed E-state index contributed by atoms with van der Waals surface area (Å²) in [5.41, 5.74) is 1.02. The summed E-state index contributed by atoms with van der Waals surface area (Å²) in [4.78, 5) is 4.25. The molecule has 0 saturated heterocycles. The van der Waals surface area contributed by atoms with E-state index in [4.69, 9.17) is 4.74 Å². The second-order valence-electron chi connectivity index (χ2n) is 7.35. The fraction of sp³-hybridized carbons (Fsp3) is 0.148. The van der Waals surface area contributed by atoms with Crippen LogP contribution in [-0.4, -0.2) is 11.6 Å². The highest BCUT2D eigenvalue weighted by atomic mass is 19.1.